The molecule has 0 spiro atoms. The number of aromatic nitrogens is 2. The highest BCUT2D eigenvalue weighted by Crippen LogP contribution is 2.35. The number of nitrogens with two attached hydrogens (primary N) is 1. The summed E-state index contributed by atoms with van der Waals surface area (Å²) >= 11 is 0. The van der Waals surface area contributed by atoms with Crippen LogP contribution in [0.25, 0.3) is 33.4 Å². The summed E-state index contributed by atoms with van der Waals surface area (Å²) in [7, 11) is 3.19. The lowest BCUT2D eigenvalue weighted by molar-refractivity contribution is 0.0612. The van der Waals surface area contributed by atoms with Crippen LogP contribution in [0, 0.1) is 17.2 Å². The van der Waals surface area contributed by atoms with Crippen molar-refractivity contribution < 1.29 is 19.0 Å². The zero-order valence-corrected chi connectivity index (χ0v) is 26.9. The molecule has 3 heterocycles. The molecule has 0 amide bonds. The third-order valence-electron chi connectivity index (χ3n) is 8.78. The molecule has 1 aliphatic heterocycles. The molecule has 2 aromatic heterocycles. The highest BCUT2D eigenvalue weighted by atomic mass is 16.5. The minimum atomic E-state index is -0.324. The van der Waals surface area contributed by atoms with Gasteiger partial charge in [-0.25, -0.2) is 4.98 Å². The second-order valence-corrected chi connectivity index (χ2v) is 11.9. The summed E-state index contributed by atoms with van der Waals surface area (Å²) in [6, 6.07) is 24.2. The number of pyridine rings is 2. The first-order valence-electron chi connectivity index (χ1n) is 15.8. The lowest BCUT2D eigenvalue weighted by Crippen LogP contribution is -2.25. The van der Waals surface area contributed by atoms with E-state index >= 15 is 0 Å². The topological polar surface area (TPSA) is 129 Å². The van der Waals surface area contributed by atoms with E-state index in [9.17, 15) is 14.9 Å². The Morgan fingerprint density at radius 3 is 2.25 bits per heavy atom. The van der Waals surface area contributed by atoms with Gasteiger partial charge in [-0.15, -0.1) is 0 Å². The Hall–Kier alpha value is -5.72. The van der Waals surface area contributed by atoms with Crippen molar-refractivity contribution in [2.45, 2.75) is 25.8 Å². The van der Waals surface area contributed by atoms with E-state index in [1.54, 1.807) is 50.9 Å². The first kappa shape index (κ1) is 32.2. The number of Topliss-reactive ketones (excluding diaryl/α,β-unsaturated/α-hetero) is 1. The van der Waals surface area contributed by atoms with Crippen LogP contribution in [0.5, 0.6) is 11.5 Å². The van der Waals surface area contributed by atoms with Crippen LogP contribution in [0.3, 0.4) is 0 Å². The van der Waals surface area contributed by atoms with Gasteiger partial charge in [-0.05, 0) is 71.3 Å². The first-order chi connectivity index (χ1) is 23.4. The molecule has 242 valence electrons. The second-order valence-electron chi connectivity index (χ2n) is 11.9. The van der Waals surface area contributed by atoms with E-state index in [0.29, 0.717) is 59.7 Å². The molecule has 1 saturated heterocycles. The SMILES string of the molecule is COc1ccc(-c2cnc(N)c(-c3ccc(CC(=O)c4cn(CC5CCOCC5)cc(-c5ccc(C#N)cc5)c4=O)cc3)c2)cc1OC. The number of ketones is 1. The monoisotopic (exact) mass is 640 g/mol. The number of hydrogen-bond donors (Lipinski definition) is 1. The standard InChI is InChI=1S/C39H36N4O5/c1-46-36-12-11-30(19-37(36)47-2)31-18-32(39(41)42-21-31)28-7-3-25(4-8-28)17-35(44)34-24-43(22-27-13-15-48-16-14-27)23-33(38(34)45)29-9-5-26(20-40)6-10-29/h3-12,18-19,21,23-24,27H,13-17,22H2,1-2H3,(H2,41,42). The molecule has 5 aromatic rings. The number of carbonyl (C=O) groups excluding carboxylic acids is 1. The van der Waals surface area contributed by atoms with Crippen LogP contribution in [0.15, 0.2) is 96.2 Å². The molecule has 1 fully saturated rings. The van der Waals surface area contributed by atoms with Gasteiger partial charge in [0.2, 0.25) is 0 Å². The van der Waals surface area contributed by atoms with Gasteiger partial charge < -0.3 is 24.5 Å². The Balaban J connectivity index is 1.27. The number of anilines is 1. The summed E-state index contributed by atoms with van der Waals surface area (Å²) < 4.78 is 18.3. The minimum absolute atomic E-state index is 0.0586. The highest BCUT2D eigenvalue weighted by Gasteiger charge is 2.20. The zero-order chi connectivity index (χ0) is 33.6. The van der Waals surface area contributed by atoms with Crippen molar-refractivity contribution in [1.29, 1.82) is 5.26 Å². The van der Waals surface area contributed by atoms with Crippen LogP contribution in [0.4, 0.5) is 5.82 Å². The Kier molecular flexibility index (Phi) is 9.65. The van der Waals surface area contributed by atoms with Crippen molar-refractivity contribution >= 4 is 11.6 Å². The number of nitrogen functional groups attached to an aromatic ring is 1. The van der Waals surface area contributed by atoms with Gasteiger partial charge in [0.05, 0.1) is 31.4 Å². The van der Waals surface area contributed by atoms with Crippen molar-refractivity contribution in [1.82, 2.24) is 9.55 Å². The van der Waals surface area contributed by atoms with Gasteiger partial charge in [0.25, 0.3) is 0 Å². The molecular formula is C39H36N4O5. The summed E-state index contributed by atoms with van der Waals surface area (Å²) in [5.41, 5.74) is 11.9. The lowest BCUT2D eigenvalue weighted by Gasteiger charge is -2.23. The number of benzene rings is 3. The van der Waals surface area contributed by atoms with Crippen LogP contribution in [-0.4, -0.2) is 42.8 Å². The van der Waals surface area contributed by atoms with Crippen molar-refractivity contribution in [2.24, 2.45) is 5.92 Å². The van der Waals surface area contributed by atoms with Gasteiger partial charge in [0.1, 0.15) is 5.82 Å². The summed E-state index contributed by atoms with van der Waals surface area (Å²) in [5, 5.41) is 9.24. The van der Waals surface area contributed by atoms with Crippen molar-refractivity contribution in [3.63, 3.8) is 0 Å². The average molecular weight is 641 g/mol. The normalized spacial score (nSPS) is 13.1. The number of rotatable bonds is 10. The smallest absolute Gasteiger partial charge is 0.200 e. The molecule has 1 aliphatic rings. The van der Waals surface area contributed by atoms with Crippen LogP contribution in [0.1, 0.15) is 34.3 Å². The Morgan fingerprint density at radius 1 is 0.896 bits per heavy atom. The molecular weight excluding hydrogens is 604 g/mol. The number of methoxy groups -OCH3 is 2. The molecule has 0 saturated carbocycles. The maximum Gasteiger partial charge on any atom is 0.200 e. The molecule has 48 heavy (non-hydrogen) atoms. The van der Waals surface area contributed by atoms with Gasteiger partial charge in [0.15, 0.2) is 22.7 Å². The van der Waals surface area contributed by atoms with Crippen molar-refractivity contribution in [3.8, 4) is 50.9 Å². The van der Waals surface area contributed by atoms with E-state index in [4.69, 9.17) is 19.9 Å². The van der Waals surface area contributed by atoms with E-state index in [-0.39, 0.29) is 23.2 Å². The van der Waals surface area contributed by atoms with Crippen LogP contribution < -0.4 is 20.6 Å². The fourth-order valence-electron chi connectivity index (χ4n) is 6.06. The number of nitriles is 1. The van der Waals surface area contributed by atoms with Gasteiger partial charge in [-0.1, -0.05) is 42.5 Å². The van der Waals surface area contributed by atoms with Gasteiger partial charge in [-0.2, -0.15) is 5.26 Å². The molecule has 0 aliphatic carbocycles. The van der Waals surface area contributed by atoms with Crippen molar-refractivity contribution in [2.75, 3.05) is 33.2 Å². The zero-order valence-electron chi connectivity index (χ0n) is 26.9. The van der Waals surface area contributed by atoms with E-state index in [1.165, 1.54) is 0 Å². The Bertz CT molecular complexity index is 2040. The van der Waals surface area contributed by atoms with Crippen LogP contribution in [0.2, 0.25) is 0 Å². The molecule has 9 heteroatoms. The van der Waals surface area contributed by atoms with Crippen LogP contribution >= 0.6 is 0 Å². The fraction of sp³-hybridized carbons (Fsp3) is 0.231. The Labute approximate surface area is 279 Å². The van der Waals surface area contributed by atoms with Gasteiger partial charge in [0, 0.05) is 61.5 Å². The predicted octanol–water partition coefficient (Wildman–Crippen LogP) is 6.57. The summed E-state index contributed by atoms with van der Waals surface area (Å²) in [6.07, 6.45) is 7.13. The molecule has 0 radical (unpaired) electrons. The summed E-state index contributed by atoms with van der Waals surface area (Å²) in [4.78, 5) is 31.9. The van der Waals surface area contributed by atoms with E-state index in [2.05, 4.69) is 11.1 Å². The molecule has 0 atom stereocenters. The summed E-state index contributed by atoms with van der Waals surface area (Å²) in [5.74, 6) is 1.75. The third-order valence-corrected chi connectivity index (χ3v) is 8.78. The van der Waals surface area contributed by atoms with Crippen molar-refractivity contribution in [3.05, 3.63) is 118 Å². The van der Waals surface area contributed by atoms with E-state index < -0.39 is 0 Å². The Morgan fingerprint density at radius 2 is 1.56 bits per heavy atom. The average Bonchev–Trinajstić information content (AvgIpc) is 3.13. The number of ether oxygens (including phenoxy) is 3. The highest BCUT2D eigenvalue weighted by molar-refractivity contribution is 5.98. The third kappa shape index (κ3) is 6.99. The molecule has 2 N–H and O–H groups in total. The molecule has 0 unspecified atom stereocenters. The fourth-order valence-corrected chi connectivity index (χ4v) is 6.06. The predicted molar refractivity (Wildman–Crippen MR) is 185 cm³/mol. The van der Waals surface area contributed by atoms with Gasteiger partial charge >= 0.3 is 0 Å². The first-order valence-corrected chi connectivity index (χ1v) is 15.8. The number of nitrogens with zero attached hydrogens (tertiary/aromatic N) is 3. The molecule has 0 bridgehead atoms. The number of carbonyl (C=O) groups is 1. The maximum absolute atomic E-state index is 13.7. The molecule has 3 aromatic carbocycles. The molecule has 9 nitrogen and oxygen atoms in total. The largest absolute Gasteiger partial charge is 0.493 e. The number of hydrogen-bond acceptors (Lipinski definition) is 8. The molecule has 6 rings (SSSR count). The minimum Gasteiger partial charge on any atom is -0.493 e. The lowest BCUT2D eigenvalue weighted by atomic mass is 9.96. The quantitative estimate of drug-likeness (QED) is 0.170. The second kappa shape index (κ2) is 14.4. The van der Waals surface area contributed by atoms with Gasteiger partial charge in [-0.3, -0.25) is 9.59 Å². The van der Waals surface area contributed by atoms with Crippen LogP contribution in [-0.2, 0) is 17.7 Å². The van der Waals surface area contributed by atoms with E-state index in [1.807, 2.05) is 59.3 Å². The summed E-state index contributed by atoms with van der Waals surface area (Å²) in [6.45, 7) is 2.09. The van der Waals surface area contributed by atoms with E-state index in [0.717, 1.165) is 40.7 Å². The maximum atomic E-state index is 13.7.